The molecule has 5 rings (SSSR count). The standard InChI is InChI=1S/C22H19ClF3N3O4/c1-2-7-29(17(30)10-31-15-5-3-14(23)4-6-15)21-11-20(21,12-21)19-28-27-18(32-19)13-8-16(9-13)33-22(24,25)26/h1,3-6,13,16H,7-12H2. The van der Waals surface area contributed by atoms with E-state index in [1.807, 2.05) is 0 Å². The maximum atomic E-state index is 12.9. The summed E-state index contributed by atoms with van der Waals surface area (Å²) in [5, 5.41) is 8.73. The molecule has 174 valence electrons. The second-order valence-electron chi connectivity index (χ2n) is 8.69. The normalized spacial score (nSPS) is 29.4. The molecule has 0 saturated heterocycles. The van der Waals surface area contributed by atoms with Crippen molar-refractivity contribution in [3.8, 4) is 18.1 Å². The van der Waals surface area contributed by atoms with Crippen LogP contribution in [0, 0.1) is 12.3 Å². The van der Waals surface area contributed by atoms with E-state index in [1.54, 1.807) is 29.2 Å². The number of halogens is 4. The Hall–Kier alpha value is -2.77. The van der Waals surface area contributed by atoms with Crippen molar-refractivity contribution in [3.05, 3.63) is 41.1 Å². The van der Waals surface area contributed by atoms with Crippen molar-refractivity contribution >= 4 is 17.5 Å². The van der Waals surface area contributed by atoms with Crippen molar-refractivity contribution in [1.29, 1.82) is 0 Å². The van der Waals surface area contributed by atoms with Gasteiger partial charge < -0.3 is 14.1 Å². The Kier molecular flexibility index (Phi) is 5.10. The van der Waals surface area contributed by atoms with Crippen LogP contribution in [0.25, 0.3) is 0 Å². The van der Waals surface area contributed by atoms with Crippen LogP contribution in [0.1, 0.15) is 43.4 Å². The number of fused-ring (bicyclic) bond motifs is 1. The third-order valence-electron chi connectivity index (χ3n) is 6.67. The largest absolute Gasteiger partial charge is 0.522 e. The van der Waals surface area contributed by atoms with Gasteiger partial charge in [-0.15, -0.1) is 29.8 Å². The maximum Gasteiger partial charge on any atom is 0.522 e. The predicted molar refractivity (Wildman–Crippen MR) is 108 cm³/mol. The maximum absolute atomic E-state index is 12.9. The Morgan fingerprint density at radius 1 is 1.27 bits per heavy atom. The molecule has 2 aromatic rings. The summed E-state index contributed by atoms with van der Waals surface area (Å²) in [4.78, 5) is 14.5. The third-order valence-corrected chi connectivity index (χ3v) is 6.92. The summed E-state index contributed by atoms with van der Waals surface area (Å²) in [5.74, 6) is 3.21. The van der Waals surface area contributed by atoms with Gasteiger partial charge in [-0.2, -0.15) is 0 Å². The summed E-state index contributed by atoms with van der Waals surface area (Å²) in [7, 11) is 0. The second-order valence-corrected chi connectivity index (χ2v) is 9.13. The van der Waals surface area contributed by atoms with E-state index >= 15 is 0 Å². The SMILES string of the molecule is C#CCN(C(=O)COc1ccc(Cl)cc1)C12CC1(c1nnc(C3CC(OC(F)(F)F)C3)o1)C2. The summed E-state index contributed by atoms with van der Waals surface area (Å²) in [6, 6.07) is 6.67. The predicted octanol–water partition coefficient (Wildman–Crippen LogP) is 3.83. The number of terminal acetylenes is 1. The number of alkyl halides is 3. The highest BCUT2D eigenvalue weighted by atomic mass is 35.5. The number of benzene rings is 1. The van der Waals surface area contributed by atoms with Crippen LogP contribution < -0.4 is 4.74 Å². The van der Waals surface area contributed by atoms with Gasteiger partial charge in [0.1, 0.15) is 5.75 Å². The van der Waals surface area contributed by atoms with E-state index in [-0.39, 0.29) is 37.8 Å². The number of carbonyl (C=O) groups excluding carboxylic acids is 1. The molecule has 33 heavy (non-hydrogen) atoms. The summed E-state index contributed by atoms with van der Waals surface area (Å²) in [6.45, 7) is -0.0659. The lowest BCUT2D eigenvalue weighted by atomic mass is 9.82. The number of aromatic nitrogens is 2. The second kappa shape index (κ2) is 7.64. The van der Waals surface area contributed by atoms with Crippen molar-refractivity contribution < 1.29 is 31.9 Å². The average molecular weight is 482 g/mol. The molecule has 0 bridgehead atoms. The van der Waals surface area contributed by atoms with Crippen LogP contribution in [0.4, 0.5) is 13.2 Å². The van der Waals surface area contributed by atoms with Gasteiger partial charge in [0, 0.05) is 10.9 Å². The third kappa shape index (κ3) is 3.93. The van der Waals surface area contributed by atoms with Crippen molar-refractivity contribution in [2.24, 2.45) is 0 Å². The Bertz CT molecular complexity index is 1100. The number of hydrogen-bond acceptors (Lipinski definition) is 6. The van der Waals surface area contributed by atoms with Crippen molar-refractivity contribution in [1.82, 2.24) is 15.1 Å². The molecule has 1 heterocycles. The van der Waals surface area contributed by atoms with Crippen LogP contribution in [-0.2, 0) is 14.9 Å². The van der Waals surface area contributed by atoms with Crippen LogP contribution in [-0.4, -0.2) is 52.2 Å². The van der Waals surface area contributed by atoms with Crippen LogP contribution in [0.15, 0.2) is 28.7 Å². The van der Waals surface area contributed by atoms with Gasteiger partial charge in [0.15, 0.2) is 6.61 Å². The monoisotopic (exact) mass is 481 g/mol. The van der Waals surface area contributed by atoms with Gasteiger partial charge in [-0.25, -0.2) is 0 Å². The van der Waals surface area contributed by atoms with Crippen molar-refractivity contribution in [3.63, 3.8) is 0 Å². The lowest BCUT2D eigenvalue weighted by Crippen LogP contribution is -2.40. The molecule has 1 aromatic carbocycles. The highest BCUT2D eigenvalue weighted by molar-refractivity contribution is 6.30. The first-order chi connectivity index (χ1) is 15.7. The number of hydrogen-bond donors (Lipinski definition) is 0. The Morgan fingerprint density at radius 2 is 1.97 bits per heavy atom. The Morgan fingerprint density at radius 3 is 2.61 bits per heavy atom. The Balaban J connectivity index is 1.20. The van der Waals surface area contributed by atoms with Gasteiger partial charge >= 0.3 is 6.36 Å². The molecular formula is C22H19ClF3N3O4. The number of ether oxygens (including phenoxy) is 2. The molecule has 0 radical (unpaired) electrons. The zero-order valence-corrected chi connectivity index (χ0v) is 18.0. The van der Waals surface area contributed by atoms with E-state index in [1.165, 1.54) is 0 Å². The van der Waals surface area contributed by atoms with Gasteiger partial charge in [-0.1, -0.05) is 17.5 Å². The topological polar surface area (TPSA) is 77.7 Å². The molecule has 0 aliphatic heterocycles. The number of rotatable bonds is 8. The average Bonchev–Trinajstić information content (AvgIpc) is 3.47. The molecule has 11 heteroatoms. The number of amides is 1. The molecule has 3 aliphatic rings. The molecule has 7 nitrogen and oxygen atoms in total. The molecule has 1 aromatic heterocycles. The van der Waals surface area contributed by atoms with E-state index in [4.69, 9.17) is 27.2 Å². The Labute approximate surface area is 192 Å². The summed E-state index contributed by atoms with van der Waals surface area (Å²) in [6.07, 6.45) is 1.57. The number of nitrogens with zero attached hydrogens (tertiary/aromatic N) is 3. The zero-order valence-electron chi connectivity index (χ0n) is 17.3. The van der Waals surface area contributed by atoms with Crippen LogP contribution in [0.3, 0.4) is 0 Å². The fraction of sp³-hybridized carbons (Fsp3) is 0.500. The van der Waals surface area contributed by atoms with Gasteiger partial charge in [-0.05, 0) is 49.9 Å². The molecule has 3 saturated carbocycles. The molecule has 3 aliphatic carbocycles. The summed E-state index contributed by atoms with van der Waals surface area (Å²) >= 11 is 5.86. The fourth-order valence-electron chi connectivity index (χ4n) is 4.63. The molecule has 0 spiro atoms. The first-order valence-corrected chi connectivity index (χ1v) is 10.7. The van der Waals surface area contributed by atoms with Gasteiger partial charge in [-0.3, -0.25) is 9.53 Å². The quantitative estimate of drug-likeness (QED) is 0.533. The summed E-state index contributed by atoms with van der Waals surface area (Å²) < 4.78 is 52.3. The number of carbonyl (C=O) groups is 1. The molecule has 3 fully saturated rings. The van der Waals surface area contributed by atoms with E-state index in [0.717, 1.165) is 0 Å². The van der Waals surface area contributed by atoms with E-state index < -0.39 is 23.4 Å². The first kappa shape index (κ1) is 22.0. The molecule has 0 atom stereocenters. The zero-order chi connectivity index (χ0) is 23.4. The van der Waals surface area contributed by atoms with E-state index in [9.17, 15) is 18.0 Å². The van der Waals surface area contributed by atoms with Crippen LogP contribution >= 0.6 is 11.6 Å². The van der Waals surface area contributed by atoms with Crippen LogP contribution in [0.2, 0.25) is 5.02 Å². The minimum Gasteiger partial charge on any atom is -0.484 e. The smallest absolute Gasteiger partial charge is 0.484 e. The first-order valence-electron chi connectivity index (χ1n) is 10.4. The summed E-state index contributed by atoms with van der Waals surface area (Å²) in [5.41, 5.74) is -0.929. The molecular weight excluding hydrogens is 463 g/mol. The fourth-order valence-corrected chi connectivity index (χ4v) is 4.75. The van der Waals surface area contributed by atoms with E-state index in [2.05, 4.69) is 20.9 Å². The van der Waals surface area contributed by atoms with Gasteiger partial charge in [0.2, 0.25) is 11.8 Å². The van der Waals surface area contributed by atoms with Gasteiger partial charge in [0.05, 0.1) is 23.6 Å². The van der Waals surface area contributed by atoms with Crippen LogP contribution in [0.5, 0.6) is 5.75 Å². The van der Waals surface area contributed by atoms with Gasteiger partial charge in [0.25, 0.3) is 5.91 Å². The molecule has 0 N–H and O–H groups in total. The molecule has 1 amide bonds. The lowest BCUT2D eigenvalue weighted by molar-refractivity contribution is -0.352. The molecule has 0 unspecified atom stereocenters. The van der Waals surface area contributed by atoms with Crippen molar-refractivity contribution in [2.75, 3.05) is 13.2 Å². The van der Waals surface area contributed by atoms with Crippen molar-refractivity contribution in [2.45, 2.75) is 55.0 Å². The highest BCUT2D eigenvalue weighted by Crippen LogP contribution is 2.81. The lowest BCUT2D eigenvalue weighted by Gasteiger charge is -2.32. The highest BCUT2D eigenvalue weighted by Gasteiger charge is 2.90. The minimum absolute atomic E-state index is 0.116. The van der Waals surface area contributed by atoms with E-state index in [0.29, 0.717) is 35.4 Å². The minimum atomic E-state index is -4.65.